The molecular formula is C16H23N3O2. The highest BCUT2D eigenvalue weighted by atomic mass is 16.5. The zero-order chi connectivity index (χ0) is 14.7. The van der Waals surface area contributed by atoms with E-state index >= 15 is 0 Å². The van der Waals surface area contributed by atoms with Crippen molar-refractivity contribution in [2.45, 2.75) is 18.3 Å². The fourth-order valence-corrected chi connectivity index (χ4v) is 3.34. The maximum absolute atomic E-state index is 13.2. The van der Waals surface area contributed by atoms with Gasteiger partial charge in [0, 0.05) is 25.5 Å². The van der Waals surface area contributed by atoms with Gasteiger partial charge in [-0.3, -0.25) is 9.78 Å². The van der Waals surface area contributed by atoms with Gasteiger partial charge in [0.05, 0.1) is 18.6 Å². The normalized spacial score (nSPS) is 23.0. The van der Waals surface area contributed by atoms with Crippen molar-refractivity contribution in [1.29, 1.82) is 0 Å². The Labute approximate surface area is 125 Å². The predicted molar refractivity (Wildman–Crippen MR) is 80.0 cm³/mol. The highest BCUT2D eigenvalue weighted by molar-refractivity contribution is 5.88. The molecule has 2 saturated heterocycles. The van der Waals surface area contributed by atoms with Crippen LogP contribution < -0.4 is 0 Å². The maximum atomic E-state index is 13.2. The van der Waals surface area contributed by atoms with Crippen molar-refractivity contribution in [2.75, 3.05) is 46.4 Å². The summed E-state index contributed by atoms with van der Waals surface area (Å²) in [5.41, 5.74) is 0.660. The van der Waals surface area contributed by atoms with Crippen molar-refractivity contribution in [3.63, 3.8) is 0 Å². The SMILES string of the molecule is CN1CCC(C(=O)N2CCOCC2)(c2cccnc2)CC1. The van der Waals surface area contributed by atoms with Crippen LogP contribution in [0.5, 0.6) is 0 Å². The number of pyridine rings is 1. The number of carbonyl (C=O) groups is 1. The molecule has 0 saturated carbocycles. The third kappa shape index (κ3) is 2.80. The van der Waals surface area contributed by atoms with E-state index in [4.69, 9.17) is 4.74 Å². The average molecular weight is 289 g/mol. The molecule has 1 aromatic rings. The summed E-state index contributed by atoms with van der Waals surface area (Å²) in [7, 11) is 2.12. The second kappa shape index (κ2) is 6.12. The van der Waals surface area contributed by atoms with Crippen LogP contribution in [0.4, 0.5) is 0 Å². The second-order valence-electron chi connectivity index (χ2n) is 6.03. The molecule has 0 atom stereocenters. The van der Waals surface area contributed by atoms with E-state index in [1.807, 2.05) is 17.2 Å². The van der Waals surface area contributed by atoms with Gasteiger partial charge in [0.1, 0.15) is 0 Å². The first-order chi connectivity index (χ1) is 10.2. The Kier molecular flexibility index (Phi) is 4.22. The van der Waals surface area contributed by atoms with Crippen LogP contribution >= 0.6 is 0 Å². The molecule has 2 fully saturated rings. The Bertz CT molecular complexity index is 478. The number of ether oxygens (including phenoxy) is 1. The molecule has 5 nitrogen and oxygen atoms in total. The van der Waals surface area contributed by atoms with Gasteiger partial charge in [0.25, 0.3) is 0 Å². The molecule has 21 heavy (non-hydrogen) atoms. The highest BCUT2D eigenvalue weighted by Crippen LogP contribution is 2.37. The Morgan fingerprint density at radius 1 is 1.24 bits per heavy atom. The summed E-state index contributed by atoms with van der Waals surface area (Å²) in [6.07, 6.45) is 5.37. The van der Waals surface area contributed by atoms with Crippen LogP contribution in [-0.4, -0.2) is 67.1 Å². The van der Waals surface area contributed by atoms with Gasteiger partial charge in [-0.05, 0) is 44.6 Å². The molecule has 0 unspecified atom stereocenters. The number of aromatic nitrogens is 1. The first-order valence-electron chi connectivity index (χ1n) is 7.68. The van der Waals surface area contributed by atoms with Crippen LogP contribution in [0.2, 0.25) is 0 Å². The molecule has 2 aliphatic rings. The Morgan fingerprint density at radius 3 is 2.57 bits per heavy atom. The van der Waals surface area contributed by atoms with Crippen molar-refractivity contribution in [1.82, 2.24) is 14.8 Å². The van der Waals surface area contributed by atoms with Crippen LogP contribution in [0, 0.1) is 0 Å². The minimum Gasteiger partial charge on any atom is -0.378 e. The zero-order valence-electron chi connectivity index (χ0n) is 12.6. The Balaban J connectivity index is 1.90. The third-order valence-corrected chi connectivity index (χ3v) is 4.76. The van der Waals surface area contributed by atoms with E-state index in [0.29, 0.717) is 26.3 Å². The van der Waals surface area contributed by atoms with Crippen molar-refractivity contribution >= 4 is 5.91 Å². The van der Waals surface area contributed by atoms with Crippen molar-refractivity contribution in [3.8, 4) is 0 Å². The van der Waals surface area contributed by atoms with Crippen LogP contribution in [0.15, 0.2) is 24.5 Å². The quantitative estimate of drug-likeness (QED) is 0.811. The molecule has 0 aliphatic carbocycles. The van der Waals surface area contributed by atoms with E-state index in [1.165, 1.54) is 0 Å². The summed E-state index contributed by atoms with van der Waals surface area (Å²) in [6.45, 7) is 4.60. The molecule has 2 aliphatic heterocycles. The van der Waals surface area contributed by atoms with E-state index < -0.39 is 5.41 Å². The summed E-state index contributed by atoms with van der Waals surface area (Å²) in [6, 6.07) is 3.98. The molecule has 0 aromatic carbocycles. The minimum absolute atomic E-state index is 0.256. The van der Waals surface area contributed by atoms with Gasteiger partial charge in [0.15, 0.2) is 0 Å². The fraction of sp³-hybridized carbons (Fsp3) is 0.625. The van der Waals surface area contributed by atoms with E-state index in [9.17, 15) is 4.79 Å². The molecule has 1 aromatic heterocycles. The Morgan fingerprint density at radius 2 is 1.95 bits per heavy atom. The smallest absolute Gasteiger partial charge is 0.233 e. The molecular weight excluding hydrogens is 266 g/mol. The monoisotopic (exact) mass is 289 g/mol. The number of piperidine rings is 1. The second-order valence-corrected chi connectivity index (χ2v) is 6.03. The minimum atomic E-state index is -0.405. The maximum Gasteiger partial charge on any atom is 0.233 e. The third-order valence-electron chi connectivity index (χ3n) is 4.76. The summed E-state index contributed by atoms with van der Waals surface area (Å²) in [5.74, 6) is 0.256. The summed E-state index contributed by atoms with van der Waals surface area (Å²) >= 11 is 0. The van der Waals surface area contributed by atoms with Gasteiger partial charge >= 0.3 is 0 Å². The molecule has 114 valence electrons. The molecule has 0 radical (unpaired) electrons. The van der Waals surface area contributed by atoms with Crippen molar-refractivity contribution in [2.24, 2.45) is 0 Å². The molecule has 0 N–H and O–H groups in total. The van der Waals surface area contributed by atoms with Gasteiger partial charge in [-0.25, -0.2) is 0 Å². The first-order valence-corrected chi connectivity index (χ1v) is 7.68. The van der Waals surface area contributed by atoms with Crippen molar-refractivity contribution < 1.29 is 9.53 Å². The van der Waals surface area contributed by atoms with E-state index in [2.05, 4.69) is 23.0 Å². The van der Waals surface area contributed by atoms with Gasteiger partial charge in [-0.2, -0.15) is 0 Å². The van der Waals surface area contributed by atoms with Crippen LogP contribution in [0.3, 0.4) is 0 Å². The van der Waals surface area contributed by atoms with Gasteiger partial charge in [-0.1, -0.05) is 6.07 Å². The lowest BCUT2D eigenvalue weighted by Gasteiger charge is -2.43. The van der Waals surface area contributed by atoms with E-state index in [0.717, 1.165) is 31.5 Å². The van der Waals surface area contributed by atoms with Crippen LogP contribution in [-0.2, 0) is 14.9 Å². The predicted octanol–water partition coefficient (Wildman–Crippen LogP) is 0.904. The van der Waals surface area contributed by atoms with Gasteiger partial charge < -0.3 is 14.5 Å². The van der Waals surface area contributed by atoms with Crippen LogP contribution in [0.1, 0.15) is 18.4 Å². The highest BCUT2D eigenvalue weighted by Gasteiger charge is 2.44. The largest absolute Gasteiger partial charge is 0.378 e. The number of hydrogen-bond donors (Lipinski definition) is 0. The number of carbonyl (C=O) groups excluding carboxylic acids is 1. The van der Waals surface area contributed by atoms with Crippen LogP contribution in [0.25, 0.3) is 0 Å². The van der Waals surface area contributed by atoms with Crippen molar-refractivity contribution in [3.05, 3.63) is 30.1 Å². The number of nitrogens with zero attached hydrogens (tertiary/aromatic N) is 3. The first kappa shape index (κ1) is 14.5. The lowest BCUT2D eigenvalue weighted by atomic mass is 9.72. The Hall–Kier alpha value is -1.46. The summed E-state index contributed by atoms with van der Waals surface area (Å²) < 4.78 is 5.38. The molecule has 1 amide bonds. The lowest BCUT2D eigenvalue weighted by Crippen LogP contribution is -2.54. The number of amides is 1. The molecule has 5 heteroatoms. The average Bonchev–Trinajstić information content (AvgIpc) is 2.57. The topological polar surface area (TPSA) is 45.7 Å². The molecule has 0 bridgehead atoms. The molecule has 0 spiro atoms. The number of rotatable bonds is 2. The molecule has 3 heterocycles. The number of morpholine rings is 1. The van der Waals surface area contributed by atoms with E-state index in [-0.39, 0.29) is 5.91 Å². The van der Waals surface area contributed by atoms with E-state index in [1.54, 1.807) is 6.20 Å². The zero-order valence-corrected chi connectivity index (χ0v) is 12.6. The summed E-state index contributed by atoms with van der Waals surface area (Å²) in [5, 5.41) is 0. The lowest BCUT2D eigenvalue weighted by molar-refractivity contribution is -0.143. The van der Waals surface area contributed by atoms with Gasteiger partial charge in [0.2, 0.25) is 5.91 Å². The summed E-state index contributed by atoms with van der Waals surface area (Å²) in [4.78, 5) is 21.7. The number of hydrogen-bond acceptors (Lipinski definition) is 4. The van der Waals surface area contributed by atoms with Gasteiger partial charge in [-0.15, -0.1) is 0 Å². The standard InChI is InChI=1S/C16H23N3O2/c1-18-7-4-16(5-8-18,14-3-2-6-17-13-14)15(20)19-9-11-21-12-10-19/h2-3,6,13H,4-5,7-12H2,1H3. The number of likely N-dealkylation sites (tertiary alicyclic amines) is 1. The fourth-order valence-electron chi connectivity index (χ4n) is 3.34. The molecule has 3 rings (SSSR count).